The van der Waals surface area contributed by atoms with E-state index in [2.05, 4.69) is 10.2 Å². The van der Waals surface area contributed by atoms with Crippen molar-refractivity contribution in [1.82, 2.24) is 0 Å². The van der Waals surface area contributed by atoms with Crippen LogP contribution in [0.25, 0.3) is 6.08 Å². The van der Waals surface area contributed by atoms with E-state index in [-0.39, 0.29) is 0 Å². The van der Waals surface area contributed by atoms with Crippen molar-refractivity contribution in [1.29, 1.82) is 0 Å². The Labute approximate surface area is 176 Å². The van der Waals surface area contributed by atoms with E-state index in [0.29, 0.717) is 24.7 Å². The van der Waals surface area contributed by atoms with Gasteiger partial charge in [-0.05, 0) is 43.3 Å². The average molecular weight is 410 g/mol. The van der Waals surface area contributed by atoms with Crippen LogP contribution in [0, 0.1) is 0 Å². The first-order chi connectivity index (χ1) is 14.6. The van der Waals surface area contributed by atoms with Crippen molar-refractivity contribution in [3.63, 3.8) is 0 Å². The lowest BCUT2D eigenvalue weighted by molar-refractivity contribution is -0.148. The number of morpholine rings is 1. The van der Waals surface area contributed by atoms with Gasteiger partial charge in [0.25, 0.3) is 5.91 Å². The molecule has 0 spiro atoms. The highest BCUT2D eigenvalue weighted by Crippen LogP contribution is 2.20. The fraction of sp³-hybridized carbons (Fsp3) is 0.304. The van der Waals surface area contributed by atoms with Crippen molar-refractivity contribution in [2.45, 2.75) is 13.0 Å². The van der Waals surface area contributed by atoms with Crippen LogP contribution in [-0.2, 0) is 19.1 Å². The number of esters is 1. The highest BCUT2D eigenvalue weighted by molar-refractivity contribution is 5.96. The van der Waals surface area contributed by atoms with Crippen LogP contribution in [0.1, 0.15) is 12.5 Å². The van der Waals surface area contributed by atoms with E-state index >= 15 is 0 Å². The molecule has 30 heavy (non-hydrogen) atoms. The lowest BCUT2D eigenvalue weighted by Crippen LogP contribution is -2.36. The molecule has 0 saturated carbocycles. The first-order valence-corrected chi connectivity index (χ1v) is 9.82. The summed E-state index contributed by atoms with van der Waals surface area (Å²) in [4.78, 5) is 26.6. The van der Waals surface area contributed by atoms with Crippen LogP contribution >= 0.6 is 0 Å². The first-order valence-electron chi connectivity index (χ1n) is 9.82. The summed E-state index contributed by atoms with van der Waals surface area (Å²) in [6.45, 7) is 4.66. The number of anilines is 2. The molecule has 3 rings (SSSR count). The highest BCUT2D eigenvalue weighted by atomic mass is 16.5. The number of amides is 1. The van der Waals surface area contributed by atoms with Gasteiger partial charge in [-0.15, -0.1) is 0 Å². The van der Waals surface area contributed by atoms with Crippen LogP contribution in [0.5, 0.6) is 5.75 Å². The summed E-state index contributed by atoms with van der Waals surface area (Å²) >= 11 is 0. The molecule has 2 aromatic carbocycles. The lowest BCUT2D eigenvalue weighted by atomic mass is 10.2. The number of hydrogen-bond acceptors (Lipinski definition) is 6. The number of ether oxygens (including phenoxy) is 3. The van der Waals surface area contributed by atoms with Gasteiger partial charge in [0.15, 0.2) is 6.10 Å². The zero-order valence-electron chi connectivity index (χ0n) is 17.2. The van der Waals surface area contributed by atoms with Gasteiger partial charge < -0.3 is 24.4 Å². The molecule has 0 aromatic heterocycles. The summed E-state index contributed by atoms with van der Waals surface area (Å²) in [6, 6.07) is 14.9. The maximum Gasteiger partial charge on any atom is 0.331 e. The van der Waals surface area contributed by atoms with Crippen molar-refractivity contribution in [3.8, 4) is 5.75 Å². The van der Waals surface area contributed by atoms with Gasteiger partial charge in [-0.3, -0.25) is 4.79 Å². The molecule has 1 fully saturated rings. The average Bonchev–Trinajstić information content (AvgIpc) is 2.79. The molecule has 1 saturated heterocycles. The minimum Gasteiger partial charge on any atom is -0.496 e. The van der Waals surface area contributed by atoms with Crippen molar-refractivity contribution in [2.75, 3.05) is 43.6 Å². The molecule has 7 heteroatoms. The van der Waals surface area contributed by atoms with Gasteiger partial charge in [0.2, 0.25) is 0 Å². The molecular weight excluding hydrogens is 384 g/mol. The first kappa shape index (κ1) is 21.4. The normalized spacial score (nSPS) is 14.9. The van der Waals surface area contributed by atoms with E-state index in [1.165, 1.54) is 13.0 Å². The number of carbonyl (C=O) groups excluding carboxylic acids is 2. The quantitative estimate of drug-likeness (QED) is 0.558. The van der Waals surface area contributed by atoms with Gasteiger partial charge in [0.05, 0.1) is 20.3 Å². The monoisotopic (exact) mass is 410 g/mol. The van der Waals surface area contributed by atoms with Crippen LogP contribution in [0.3, 0.4) is 0 Å². The van der Waals surface area contributed by atoms with E-state index < -0.39 is 18.0 Å². The summed E-state index contributed by atoms with van der Waals surface area (Å²) in [7, 11) is 1.56. The molecule has 158 valence electrons. The van der Waals surface area contributed by atoms with Gasteiger partial charge in [0.1, 0.15) is 5.75 Å². The van der Waals surface area contributed by atoms with E-state index in [0.717, 1.165) is 24.3 Å². The third-order valence-electron chi connectivity index (χ3n) is 4.71. The third-order valence-corrected chi connectivity index (χ3v) is 4.71. The number of para-hydroxylation sites is 1. The summed E-state index contributed by atoms with van der Waals surface area (Å²) in [5, 5.41) is 2.77. The van der Waals surface area contributed by atoms with Crippen molar-refractivity contribution < 1.29 is 23.8 Å². The molecule has 0 radical (unpaired) electrons. The van der Waals surface area contributed by atoms with Crippen LogP contribution < -0.4 is 15.0 Å². The number of rotatable bonds is 7. The molecule has 1 heterocycles. The van der Waals surface area contributed by atoms with Gasteiger partial charge in [-0.2, -0.15) is 0 Å². The lowest BCUT2D eigenvalue weighted by Gasteiger charge is -2.28. The molecule has 1 N–H and O–H groups in total. The van der Waals surface area contributed by atoms with Crippen LogP contribution in [0.4, 0.5) is 11.4 Å². The van der Waals surface area contributed by atoms with Gasteiger partial charge in [-0.1, -0.05) is 18.2 Å². The second-order valence-corrected chi connectivity index (χ2v) is 6.79. The summed E-state index contributed by atoms with van der Waals surface area (Å²) < 4.78 is 15.8. The number of nitrogens with one attached hydrogen (secondary N) is 1. The maximum atomic E-state index is 12.3. The Morgan fingerprint density at radius 1 is 1.10 bits per heavy atom. The van der Waals surface area contributed by atoms with E-state index in [9.17, 15) is 9.59 Å². The highest BCUT2D eigenvalue weighted by Gasteiger charge is 2.17. The Kier molecular flexibility index (Phi) is 7.45. The molecule has 0 aliphatic carbocycles. The smallest absolute Gasteiger partial charge is 0.331 e. The molecule has 0 unspecified atom stereocenters. The Hall–Kier alpha value is -3.32. The zero-order valence-corrected chi connectivity index (χ0v) is 17.2. The van der Waals surface area contributed by atoms with Crippen LogP contribution in [-0.4, -0.2) is 51.4 Å². The number of hydrogen-bond donors (Lipinski definition) is 1. The standard InChI is InChI=1S/C23H26N2O5/c1-17(30-22(26)12-7-18-5-3-4-6-21(18)28-2)23(27)24-19-8-10-20(11-9-19)25-13-15-29-16-14-25/h3-12,17H,13-16H2,1-2H3,(H,24,27)/b12-7+/t17-/m1/s1. The van der Waals surface area contributed by atoms with Crippen molar-refractivity contribution >= 4 is 29.3 Å². The molecular formula is C23H26N2O5. The third kappa shape index (κ3) is 5.84. The Bertz CT molecular complexity index is 889. The van der Waals surface area contributed by atoms with Gasteiger partial charge in [0, 0.05) is 36.1 Å². The minimum absolute atomic E-state index is 0.395. The predicted molar refractivity (Wildman–Crippen MR) is 116 cm³/mol. The van der Waals surface area contributed by atoms with E-state index in [4.69, 9.17) is 14.2 Å². The Morgan fingerprint density at radius 3 is 2.50 bits per heavy atom. The van der Waals surface area contributed by atoms with Gasteiger partial charge >= 0.3 is 5.97 Å². The Balaban J connectivity index is 1.51. The number of methoxy groups -OCH3 is 1. The number of carbonyl (C=O) groups is 2. The zero-order chi connectivity index (χ0) is 21.3. The molecule has 1 aliphatic heterocycles. The summed E-state index contributed by atoms with van der Waals surface area (Å²) in [5.74, 6) is -0.354. The van der Waals surface area contributed by atoms with E-state index in [1.54, 1.807) is 19.3 Å². The maximum absolute atomic E-state index is 12.3. The molecule has 0 bridgehead atoms. The summed E-state index contributed by atoms with van der Waals surface area (Å²) in [5.41, 5.74) is 2.47. The molecule has 1 aliphatic rings. The largest absolute Gasteiger partial charge is 0.496 e. The second-order valence-electron chi connectivity index (χ2n) is 6.79. The van der Waals surface area contributed by atoms with Crippen LogP contribution in [0.2, 0.25) is 0 Å². The molecule has 2 aromatic rings. The Morgan fingerprint density at radius 2 is 1.80 bits per heavy atom. The van der Waals surface area contributed by atoms with Gasteiger partial charge in [-0.25, -0.2) is 4.79 Å². The predicted octanol–water partition coefficient (Wildman–Crippen LogP) is 3.12. The van der Waals surface area contributed by atoms with E-state index in [1.807, 2.05) is 42.5 Å². The molecule has 1 amide bonds. The number of benzene rings is 2. The van der Waals surface area contributed by atoms with Crippen molar-refractivity contribution in [2.24, 2.45) is 0 Å². The SMILES string of the molecule is COc1ccccc1/C=C/C(=O)O[C@H](C)C(=O)Nc1ccc(N2CCOCC2)cc1. The molecule has 1 atom stereocenters. The number of nitrogens with zero attached hydrogens (tertiary/aromatic N) is 1. The fourth-order valence-electron chi connectivity index (χ4n) is 3.05. The molecule has 7 nitrogen and oxygen atoms in total. The summed E-state index contributed by atoms with van der Waals surface area (Å²) in [6.07, 6.45) is 1.94. The minimum atomic E-state index is -0.932. The fourth-order valence-corrected chi connectivity index (χ4v) is 3.05. The van der Waals surface area contributed by atoms with Crippen LogP contribution in [0.15, 0.2) is 54.6 Å². The second kappa shape index (κ2) is 10.5. The topological polar surface area (TPSA) is 77.1 Å². The van der Waals surface area contributed by atoms with Crippen molar-refractivity contribution in [3.05, 3.63) is 60.2 Å².